The first-order valence-electron chi connectivity index (χ1n) is 22.8. The number of ether oxygens (including phenoxy) is 4. The van der Waals surface area contributed by atoms with Crippen LogP contribution in [0.1, 0.15) is 70.2 Å². The molecule has 7 N–H and O–H groups in total. The van der Waals surface area contributed by atoms with Gasteiger partial charge in [0.1, 0.15) is 17.7 Å². The number of carboxylic acids is 2. The van der Waals surface area contributed by atoms with Gasteiger partial charge in [-0.1, -0.05) is 51.1 Å². The van der Waals surface area contributed by atoms with Crippen molar-refractivity contribution in [3.63, 3.8) is 0 Å². The predicted molar refractivity (Wildman–Crippen MR) is 255 cm³/mol. The Morgan fingerprint density at radius 3 is 2.01 bits per heavy atom. The lowest BCUT2D eigenvalue weighted by Gasteiger charge is -2.41. The second-order valence-electron chi connectivity index (χ2n) is 16.9. The number of rotatable bonds is 35. The SMILES string of the molecule is CC(C)(C)[C@H](c1cc(-c2cc(F)ccc2F)cn1Cc1ccccc1)N(CCCN)C(=O)CSCC(NC(=O)CCOCCOCCOCCOCCNC(=O)CCNC(=O)CCC(=O)O)C(=O)O. The summed E-state index contributed by atoms with van der Waals surface area (Å²) in [7, 11) is 0. The van der Waals surface area contributed by atoms with Gasteiger partial charge in [-0.2, -0.15) is 0 Å². The van der Waals surface area contributed by atoms with Crippen LogP contribution in [0.3, 0.4) is 0 Å². The van der Waals surface area contributed by atoms with Crippen LogP contribution in [0.2, 0.25) is 0 Å². The Labute approximate surface area is 406 Å². The van der Waals surface area contributed by atoms with Gasteiger partial charge in [0.25, 0.3) is 0 Å². The summed E-state index contributed by atoms with van der Waals surface area (Å²) in [4.78, 5) is 74.5. The summed E-state index contributed by atoms with van der Waals surface area (Å²) in [6, 6.07) is 12.9. The van der Waals surface area contributed by atoms with Crippen molar-refractivity contribution in [1.82, 2.24) is 25.4 Å². The molecule has 69 heavy (non-hydrogen) atoms. The number of nitrogens with two attached hydrogens (primary N) is 1. The summed E-state index contributed by atoms with van der Waals surface area (Å²) >= 11 is 1.08. The molecule has 0 saturated carbocycles. The quantitative estimate of drug-likeness (QED) is 0.0457. The van der Waals surface area contributed by atoms with E-state index in [1.165, 1.54) is 0 Å². The fraction of sp³-hybridized carbons (Fsp3) is 0.542. The molecule has 1 unspecified atom stereocenters. The third-order valence-corrected chi connectivity index (χ3v) is 11.3. The molecular formula is C48H68F2N6O12S. The van der Waals surface area contributed by atoms with Crippen LogP contribution in [0.5, 0.6) is 0 Å². The van der Waals surface area contributed by atoms with Crippen molar-refractivity contribution in [3.05, 3.63) is 83.7 Å². The highest BCUT2D eigenvalue weighted by Gasteiger charge is 2.37. The number of hydrogen-bond acceptors (Lipinski definition) is 12. The number of thioether (sulfide) groups is 1. The number of carboxylic acid groups (broad SMARTS) is 2. The lowest BCUT2D eigenvalue weighted by molar-refractivity contribution is -0.141. The molecule has 3 rings (SSSR count). The molecule has 18 nitrogen and oxygen atoms in total. The van der Waals surface area contributed by atoms with Gasteiger partial charge in [-0.3, -0.25) is 24.0 Å². The van der Waals surface area contributed by atoms with Crippen LogP contribution < -0.4 is 21.7 Å². The van der Waals surface area contributed by atoms with Gasteiger partial charge in [0.15, 0.2) is 0 Å². The number of carbonyl (C=O) groups is 6. The molecule has 2 atom stereocenters. The standard InChI is InChI=1S/C48H68F2N6O12S/c1-48(2,3)46(40-28-35(37-29-36(49)10-11-38(37)50)31-55(40)30-34-8-5-4-6-9-34)56(19-7-16-51)44(60)33-69-32-39(47(63)64)54-43(59)15-20-65-22-24-67-26-27-68-25-23-66-21-18-53-42(58)14-17-52-41(57)12-13-45(61)62/h4-6,8-11,28-29,31,39,46H,7,12-27,30,32-33,51H2,1-3H3,(H,52,57)(H,53,58)(H,54,59)(H,61,62)(H,63,64)/t39?,46-/m0/s1. The first kappa shape index (κ1) is 57.9. The van der Waals surface area contributed by atoms with Crippen LogP contribution in [0.25, 0.3) is 11.1 Å². The average molecular weight is 991 g/mol. The van der Waals surface area contributed by atoms with E-state index in [2.05, 4.69) is 16.0 Å². The summed E-state index contributed by atoms with van der Waals surface area (Å²) in [5.41, 5.74) is 7.57. The van der Waals surface area contributed by atoms with E-state index in [4.69, 9.17) is 29.8 Å². The largest absolute Gasteiger partial charge is 0.481 e. The smallest absolute Gasteiger partial charge is 0.327 e. The zero-order chi connectivity index (χ0) is 50.6. The van der Waals surface area contributed by atoms with Gasteiger partial charge in [0, 0.05) is 74.2 Å². The number of aromatic nitrogens is 1. The molecule has 21 heteroatoms. The van der Waals surface area contributed by atoms with Crippen molar-refractivity contribution in [3.8, 4) is 11.1 Å². The number of nitrogens with zero attached hydrogens (tertiary/aromatic N) is 2. The Balaban J connectivity index is 1.39. The number of nitrogens with one attached hydrogen (secondary N) is 3. The molecule has 4 amide bonds. The van der Waals surface area contributed by atoms with Crippen molar-refractivity contribution in [2.75, 3.05) is 90.5 Å². The Morgan fingerprint density at radius 1 is 0.768 bits per heavy atom. The molecule has 0 aliphatic rings. The number of hydrogen-bond donors (Lipinski definition) is 6. The van der Waals surface area contributed by atoms with Gasteiger partial charge in [0.05, 0.1) is 71.1 Å². The number of halogens is 2. The molecular weight excluding hydrogens is 923 g/mol. The van der Waals surface area contributed by atoms with E-state index in [0.29, 0.717) is 50.6 Å². The minimum absolute atomic E-state index is 0.0243. The number of amides is 4. The number of carbonyl (C=O) groups excluding carboxylic acids is 4. The van der Waals surface area contributed by atoms with Crippen LogP contribution in [0.4, 0.5) is 8.78 Å². The summed E-state index contributed by atoms with van der Waals surface area (Å²) < 4.78 is 53.2. The molecule has 1 aromatic heterocycles. The number of aliphatic carboxylic acids is 2. The summed E-state index contributed by atoms with van der Waals surface area (Å²) in [6.45, 7) is 9.22. The molecule has 382 valence electrons. The van der Waals surface area contributed by atoms with Crippen molar-refractivity contribution in [2.45, 2.75) is 71.5 Å². The first-order valence-corrected chi connectivity index (χ1v) is 24.0. The van der Waals surface area contributed by atoms with Crippen molar-refractivity contribution >= 4 is 47.3 Å². The highest BCUT2D eigenvalue weighted by atomic mass is 32.2. The van der Waals surface area contributed by atoms with E-state index in [-0.39, 0.29) is 107 Å². The van der Waals surface area contributed by atoms with Gasteiger partial charge in [-0.25, -0.2) is 13.6 Å². The normalized spacial score (nSPS) is 12.3. The lowest BCUT2D eigenvalue weighted by atomic mass is 9.83. The monoisotopic (exact) mass is 990 g/mol. The molecule has 0 aliphatic heterocycles. The summed E-state index contributed by atoms with van der Waals surface area (Å²) in [6.07, 6.45) is 1.78. The van der Waals surface area contributed by atoms with Crippen molar-refractivity contribution in [1.29, 1.82) is 0 Å². The third kappa shape index (κ3) is 22.7. The van der Waals surface area contributed by atoms with E-state index in [1.807, 2.05) is 55.7 Å². The molecule has 2 aromatic carbocycles. The van der Waals surface area contributed by atoms with Gasteiger partial charge in [-0.15, -0.1) is 11.8 Å². The molecule has 0 bridgehead atoms. The molecule has 0 fully saturated rings. The van der Waals surface area contributed by atoms with E-state index >= 15 is 4.39 Å². The van der Waals surface area contributed by atoms with Gasteiger partial charge < -0.3 is 60.3 Å². The minimum atomic E-state index is -1.27. The van der Waals surface area contributed by atoms with Crippen LogP contribution >= 0.6 is 11.8 Å². The summed E-state index contributed by atoms with van der Waals surface area (Å²) in [5.74, 6) is -5.21. The highest BCUT2D eigenvalue weighted by molar-refractivity contribution is 8.00. The first-order chi connectivity index (χ1) is 33.0. The average Bonchev–Trinajstić information content (AvgIpc) is 3.70. The lowest BCUT2D eigenvalue weighted by Crippen LogP contribution is -2.45. The Hall–Kier alpha value is -5.45. The summed E-state index contributed by atoms with van der Waals surface area (Å²) in [5, 5.41) is 26.1. The number of benzene rings is 2. The second-order valence-corrected chi connectivity index (χ2v) is 17.9. The van der Waals surface area contributed by atoms with E-state index in [0.717, 1.165) is 35.5 Å². The van der Waals surface area contributed by atoms with Crippen LogP contribution in [-0.4, -0.2) is 152 Å². The Morgan fingerprint density at radius 2 is 1.39 bits per heavy atom. The molecule has 0 aliphatic carbocycles. The topological polar surface area (TPSA) is 250 Å². The Bertz CT molecular complexity index is 2070. The van der Waals surface area contributed by atoms with Gasteiger partial charge in [-0.05, 0) is 48.2 Å². The van der Waals surface area contributed by atoms with Gasteiger partial charge >= 0.3 is 11.9 Å². The molecule has 1 heterocycles. The minimum Gasteiger partial charge on any atom is -0.481 e. The van der Waals surface area contributed by atoms with Crippen molar-refractivity contribution in [2.24, 2.45) is 11.1 Å². The maximum Gasteiger partial charge on any atom is 0.327 e. The fourth-order valence-electron chi connectivity index (χ4n) is 6.96. The fourth-order valence-corrected chi connectivity index (χ4v) is 7.88. The van der Waals surface area contributed by atoms with E-state index in [9.17, 15) is 38.3 Å². The van der Waals surface area contributed by atoms with Crippen molar-refractivity contribution < 1.29 is 66.7 Å². The van der Waals surface area contributed by atoms with E-state index in [1.54, 1.807) is 17.2 Å². The molecule has 0 saturated heterocycles. The Kier molecular flexibility index (Phi) is 26.5. The van der Waals surface area contributed by atoms with Crippen LogP contribution in [0, 0.1) is 17.0 Å². The maximum absolute atomic E-state index is 15.1. The third-order valence-electron chi connectivity index (χ3n) is 10.2. The predicted octanol–water partition coefficient (Wildman–Crippen LogP) is 3.99. The molecule has 3 aromatic rings. The second kappa shape index (κ2) is 31.6. The van der Waals surface area contributed by atoms with E-state index < -0.39 is 52.9 Å². The zero-order valence-electron chi connectivity index (χ0n) is 39.7. The highest BCUT2D eigenvalue weighted by Crippen LogP contribution is 2.41. The molecule has 0 spiro atoms. The van der Waals surface area contributed by atoms with Crippen LogP contribution in [0.15, 0.2) is 60.8 Å². The van der Waals surface area contributed by atoms with Gasteiger partial charge in [0.2, 0.25) is 23.6 Å². The molecule has 0 radical (unpaired) electrons. The van der Waals surface area contributed by atoms with Crippen LogP contribution in [-0.2, 0) is 54.3 Å². The maximum atomic E-state index is 15.1. The zero-order valence-corrected chi connectivity index (χ0v) is 40.5.